The number of hydrogen-bond donors (Lipinski definition) is 0. The number of rotatable bonds is 3. The minimum atomic E-state index is 0.511. The lowest BCUT2D eigenvalue weighted by Crippen LogP contribution is -2.22. The maximum Gasteiger partial charge on any atom is 0.248 e. The van der Waals surface area contributed by atoms with E-state index in [0.29, 0.717) is 11.8 Å². The lowest BCUT2D eigenvalue weighted by atomic mass is 10.1. The second-order valence-electron chi connectivity index (χ2n) is 5.39. The van der Waals surface area contributed by atoms with E-state index in [2.05, 4.69) is 16.8 Å². The van der Waals surface area contributed by atoms with Crippen LogP contribution in [0.4, 0.5) is 0 Å². The highest BCUT2D eigenvalue weighted by molar-refractivity contribution is 5.59. The molecule has 2 aromatic carbocycles. The molecule has 0 atom stereocenters. The molecule has 0 radical (unpaired) electrons. The number of benzene rings is 2. The Hall–Kier alpha value is -2.94. The Morgan fingerprint density at radius 2 is 1.74 bits per heavy atom. The molecule has 0 aliphatic carbocycles. The average Bonchev–Trinajstić information content (AvgIpc) is 3.04. The van der Waals surface area contributed by atoms with Gasteiger partial charge in [-0.1, -0.05) is 48.6 Å². The second-order valence-corrected chi connectivity index (χ2v) is 5.39. The third-order valence-corrected chi connectivity index (χ3v) is 3.55. The molecule has 3 nitrogen and oxygen atoms in total. The third-order valence-electron chi connectivity index (χ3n) is 3.55. The first kappa shape index (κ1) is 15.0. The summed E-state index contributed by atoms with van der Waals surface area (Å²) >= 11 is 0. The molecule has 0 bridgehead atoms. The number of aromatic nitrogens is 2. The van der Waals surface area contributed by atoms with Gasteiger partial charge in [0.25, 0.3) is 0 Å². The molecule has 0 fully saturated rings. The highest BCUT2D eigenvalue weighted by Crippen LogP contribution is 2.23. The molecular weight excluding hydrogens is 284 g/mol. The Morgan fingerprint density at radius 1 is 1.00 bits per heavy atom. The standard InChI is InChI=1S/C20H18N2O/c1-4-5-8-16-13-18(11-10-15(16)3)20-22-21-19(23-20)17-9-6-7-14(2)12-17/h4-13H,3H2,1-2H3/b5-4-,16-8-. The van der Waals surface area contributed by atoms with Crippen LogP contribution in [0, 0.1) is 6.92 Å². The van der Waals surface area contributed by atoms with E-state index in [1.165, 1.54) is 0 Å². The van der Waals surface area contributed by atoms with E-state index in [0.717, 1.165) is 27.1 Å². The molecule has 3 rings (SSSR count). The normalized spacial score (nSPS) is 12.2. The van der Waals surface area contributed by atoms with Gasteiger partial charge >= 0.3 is 0 Å². The monoisotopic (exact) mass is 302 g/mol. The zero-order valence-corrected chi connectivity index (χ0v) is 13.3. The molecule has 0 spiro atoms. The summed E-state index contributed by atoms with van der Waals surface area (Å²) in [6, 6.07) is 13.9. The molecule has 23 heavy (non-hydrogen) atoms. The summed E-state index contributed by atoms with van der Waals surface area (Å²) in [6.07, 6.45) is 5.98. The van der Waals surface area contributed by atoms with Crippen LogP contribution < -0.4 is 10.4 Å². The molecule has 3 heteroatoms. The molecule has 0 amide bonds. The first-order valence-corrected chi connectivity index (χ1v) is 7.50. The SMILES string of the molecule is C=c1ccc(-c2nnc(-c3cccc(C)c3)o2)c/c1=C/C=C\C. The maximum absolute atomic E-state index is 5.84. The van der Waals surface area contributed by atoms with Crippen LogP contribution in [0.3, 0.4) is 0 Å². The highest BCUT2D eigenvalue weighted by atomic mass is 16.4. The molecule has 0 aliphatic rings. The third kappa shape index (κ3) is 3.29. The van der Waals surface area contributed by atoms with Gasteiger partial charge in [0.05, 0.1) is 0 Å². The van der Waals surface area contributed by atoms with Crippen LogP contribution in [0.1, 0.15) is 12.5 Å². The fourth-order valence-corrected chi connectivity index (χ4v) is 2.32. The van der Waals surface area contributed by atoms with Crippen molar-refractivity contribution in [1.29, 1.82) is 0 Å². The quantitative estimate of drug-likeness (QED) is 0.743. The van der Waals surface area contributed by atoms with Crippen molar-refractivity contribution in [2.75, 3.05) is 0 Å². The number of nitrogens with zero attached hydrogens (tertiary/aromatic N) is 2. The van der Waals surface area contributed by atoms with Crippen LogP contribution in [-0.4, -0.2) is 10.2 Å². The fraction of sp³-hybridized carbons (Fsp3) is 0.100. The fourth-order valence-electron chi connectivity index (χ4n) is 2.32. The van der Waals surface area contributed by atoms with Gasteiger partial charge in [0, 0.05) is 11.1 Å². The summed E-state index contributed by atoms with van der Waals surface area (Å²) in [5.74, 6) is 1.04. The van der Waals surface area contributed by atoms with Gasteiger partial charge < -0.3 is 4.42 Å². The van der Waals surface area contributed by atoms with Crippen LogP contribution in [0.15, 0.2) is 59.0 Å². The van der Waals surface area contributed by atoms with Crippen molar-refractivity contribution >= 4 is 12.7 Å². The predicted octanol–water partition coefficient (Wildman–Crippen LogP) is 3.48. The van der Waals surface area contributed by atoms with Crippen molar-refractivity contribution in [2.45, 2.75) is 13.8 Å². The second kappa shape index (κ2) is 6.44. The number of allylic oxidation sites excluding steroid dienone is 2. The van der Waals surface area contributed by atoms with Gasteiger partial charge in [-0.2, -0.15) is 0 Å². The molecule has 0 unspecified atom stereocenters. The van der Waals surface area contributed by atoms with E-state index in [1.54, 1.807) is 0 Å². The van der Waals surface area contributed by atoms with Crippen LogP contribution >= 0.6 is 0 Å². The van der Waals surface area contributed by atoms with Crippen LogP contribution in [-0.2, 0) is 0 Å². The Morgan fingerprint density at radius 3 is 2.43 bits per heavy atom. The van der Waals surface area contributed by atoms with Crippen molar-refractivity contribution < 1.29 is 4.42 Å². The van der Waals surface area contributed by atoms with E-state index in [-0.39, 0.29) is 0 Å². The maximum atomic E-state index is 5.84. The predicted molar refractivity (Wildman–Crippen MR) is 94.0 cm³/mol. The largest absolute Gasteiger partial charge is 0.416 e. The minimum Gasteiger partial charge on any atom is -0.416 e. The van der Waals surface area contributed by atoms with E-state index in [9.17, 15) is 0 Å². The molecule has 0 saturated carbocycles. The molecule has 0 saturated heterocycles. The molecule has 1 heterocycles. The zero-order valence-electron chi connectivity index (χ0n) is 13.3. The summed E-state index contributed by atoms with van der Waals surface area (Å²) in [4.78, 5) is 0. The van der Waals surface area contributed by atoms with Crippen LogP contribution in [0.2, 0.25) is 0 Å². The van der Waals surface area contributed by atoms with Crippen molar-refractivity contribution in [2.24, 2.45) is 0 Å². The zero-order chi connectivity index (χ0) is 16.2. The lowest BCUT2D eigenvalue weighted by molar-refractivity contribution is 0.584. The van der Waals surface area contributed by atoms with E-state index < -0.39 is 0 Å². The first-order chi connectivity index (χ1) is 11.2. The van der Waals surface area contributed by atoms with Gasteiger partial charge in [-0.25, -0.2) is 0 Å². The molecule has 0 aliphatic heterocycles. The van der Waals surface area contributed by atoms with Gasteiger partial charge in [0.1, 0.15) is 0 Å². The Bertz CT molecular complexity index is 967. The Labute approximate surface area is 135 Å². The number of aryl methyl sites for hydroxylation is 1. The van der Waals surface area contributed by atoms with Gasteiger partial charge in [-0.3, -0.25) is 0 Å². The van der Waals surface area contributed by atoms with E-state index in [4.69, 9.17) is 4.42 Å². The Kier molecular flexibility index (Phi) is 4.20. The van der Waals surface area contributed by atoms with E-state index in [1.807, 2.05) is 74.5 Å². The molecule has 114 valence electrons. The Balaban J connectivity index is 2.02. The first-order valence-electron chi connectivity index (χ1n) is 7.50. The molecule has 1 aromatic heterocycles. The van der Waals surface area contributed by atoms with Crippen molar-refractivity contribution in [3.63, 3.8) is 0 Å². The molecule has 3 aromatic rings. The minimum absolute atomic E-state index is 0.511. The number of hydrogen-bond acceptors (Lipinski definition) is 3. The summed E-state index contributed by atoms with van der Waals surface area (Å²) in [7, 11) is 0. The van der Waals surface area contributed by atoms with Crippen LogP contribution in [0.25, 0.3) is 35.6 Å². The van der Waals surface area contributed by atoms with Crippen LogP contribution in [0.5, 0.6) is 0 Å². The highest BCUT2D eigenvalue weighted by Gasteiger charge is 2.10. The average molecular weight is 302 g/mol. The smallest absolute Gasteiger partial charge is 0.248 e. The summed E-state index contributed by atoms with van der Waals surface area (Å²) < 4.78 is 5.84. The topological polar surface area (TPSA) is 38.9 Å². The van der Waals surface area contributed by atoms with Crippen molar-refractivity contribution in [1.82, 2.24) is 10.2 Å². The van der Waals surface area contributed by atoms with Crippen molar-refractivity contribution in [3.8, 4) is 22.9 Å². The lowest BCUT2D eigenvalue weighted by Gasteiger charge is -1.97. The van der Waals surface area contributed by atoms with Gasteiger partial charge in [0.2, 0.25) is 11.8 Å². The van der Waals surface area contributed by atoms with Gasteiger partial charge in [0.15, 0.2) is 0 Å². The summed E-state index contributed by atoms with van der Waals surface area (Å²) in [5, 5.41) is 10.3. The van der Waals surface area contributed by atoms with Gasteiger partial charge in [-0.15, -0.1) is 10.2 Å². The van der Waals surface area contributed by atoms with Gasteiger partial charge in [-0.05, 0) is 48.6 Å². The molecular formula is C20H18N2O. The van der Waals surface area contributed by atoms with E-state index >= 15 is 0 Å². The summed E-state index contributed by atoms with van der Waals surface area (Å²) in [5.41, 5.74) is 2.98. The summed E-state index contributed by atoms with van der Waals surface area (Å²) in [6.45, 7) is 8.06. The van der Waals surface area contributed by atoms with Crippen molar-refractivity contribution in [3.05, 3.63) is 70.6 Å². The molecule has 0 N–H and O–H groups in total.